The van der Waals surface area contributed by atoms with Crippen molar-refractivity contribution in [2.75, 3.05) is 19.6 Å². The van der Waals surface area contributed by atoms with Gasteiger partial charge in [0, 0.05) is 11.5 Å². The molecular weight excluding hydrogens is 140 g/mol. The van der Waals surface area contributed by atoms with Gasteiger partial charge in [-0.1, -0.05) is 5.11 Å². The van der Waals surface area contributed by atoms with Crippen LogP contribution in [-0.2, 0) is 0 Å². The molecule has 1 heterocycles. The van der Waals surface area contributed by atoms with E-state index in [9.17, 15) is 0 Å². The Kier molecular flexibility index (Phi) is 1.72. The van der Waals surface area contributed by atoms with E-state index >= 15 is 0 Å². The molecule has 0 aromatic carbocycles. The van der Waals surface area contributed by atoms with Gasteiger partial charge in [0.05, 0.1) is 0 Å². The van der Waals surface area contributed by atoms with Gasteiger partial charge in [-0.2, -0.15) is 0 Å². The van der Waals surface area contributed by atoms with Crippen molar-refractivity contribution in [3.8, 4) is 0 Å². The van der Waals surface area contributed by atoms with E-state index in [1.807, 2.05) is 0 Å². The summed E-state index contributed by atoms with van der Waals surface area (Å²) in [5, 5.41) is 6.96. The molecule has 2 rings (SSSR count). The maximum Gasteiger partial charge on any atom is 0.0289 e. The van der Waals surface area contributed by atoms with E-state index in [0.717, 1.165) is 18.4 Å². The van der Waals surface area contributed by atoms with Crippen LogP contribution in [0.4, 0.5) is 0 Å². The monoisotopic (exact) mass is 152 g/mol. The molecule has 60 valence electrons. The predicted octanol–water partition coefficient (Wildman–Crippen LogP) is 1.15. The average Bonchev–Trinajstić information content (AvgIpc) is 2.33. The first-order chi connectivity index (χ1) is 5.42. The lowest BCUT2D eigenvalue weighted by Crippen LogP contribution is -2.37. The fourth-order valence-corrected chi connectivity index (χ4v) is 2.28. The van der Waals surface area contributed by atoms with Crippen molar-refractivity contribution in [1.82, 2.24) is 5.32 Å². The van der Waals surface area contributed by atoms with Crippen LogP contribution in [0.3, 0.4) is 0 Å². The van der Waals surface area contributed by atoms with E-state index in [-0.39, 0.29) is 0 Å². The molecule has 0 aromatic heterocycles. The van der Waals surface area contributed by atoms with E-state index in [4.69, 9.17) is 5.53 Å². The summed E-state index contributed by atoms with van der Waals surface area (Å²) in [5.41, 5.74) is 8.12. The summed E-state index contributed by atoms with van der Waals surface area (Å²) >= 11 is 0. The molecule has 2 aliphatic rings. The molecule has 0 spiro atoms. The lowest BCUT2D eigenvalue weighted by molar-refractivity contribution is 0.129. The van der Waals surface area contributed by atoms with Crippen molar-refractivity contribution in [3.63, 3.8) is 0 Å². The molecule has 1 aliphatic carbocycles. The van der Waals surface area contributed by atoms with Gasteiger partial charge in [0.15, 0.2) is 0 Å². The van der Waals surface area contributed by atoms with Crippen LogP contribution in [0.25, 0.3) is 10.4 Å². The molecule has 1 N–H and O–H groups in total. The van der Waals surface area contributed by atoms with E-state index in [0.29, 0.717) is 12.5 Å². The summed E-state index contributed by atoms with van der Waals surface area (Å²) < 4.78 is 0. The maximum absolute atomic E-state index is 8.12. The zero-order valence-electron chi connectivity index (χ0n) is 6.40. The van der Waals surface area contributed by atoms with Crippen molar-refractivity contribution < 1.29 is 0 Å². The highest BCUT2D eigenvalue weighted by molar-refractivity contribution is 4.96. The lowest BCUT2D eigenvalue weighted by atomic mass is 9.67. The lowest BCUT2D eigenvalue weighted by Gasteiger charge is -2.38. The number of nitrogens with zero attached hydrogens (tertiary/aromatic N) is 3. The highest BCUT2D eigenvalue weighted by Gasteiger charge is 2.42. The summed E-state index contributed by atoms with van der Waals surface area (Å²) in [5.74, 6) is 2.36. The number of hydrogen-bond donors (Lipinski definition) is 1. The first-order valence-corrected chi connectivity index (χ1v) is 4.13. The Bertz CT molecular complexity index is 197. The molecule has 11 heavy (non-hydrogen) atoms. The molecular formula is C7H12N4. The van der Waals surface area contributed by atoms with E-state index < -0.39 is 0 Å². The Morgan fingerprint density at radius 2 is 2.45 bits per heavy atom. The van der Waals surface area contributed by atoms with Crippen LogP contribution in [-0.4, -0.2) is 19.6 Å². The molecule has 3 atom stereocenters. The van der Waals surface area contributed by atoms with Gasteiger partial charge in [-0.05, 0) is 42.8 Å². The smallest absolute Gasteiger partial charge is 0.0289 e. The van der Waals surface area contributed by atoms with Crippen molar-refractivity contribution in [2.24, 2.45) is 22.9 Å². The number of hydrogen-bond acceptors (Lipinski definition) is 2. The van der Waals surface area contributed by atoms with Gasteiger partial charge >= 0.3 is 0 Å². The third-order valence-corrected chi connectivity index (χ3v) is 2.98. The molecule has 1 saturated heterocycles. The Morgan fingerprint density at radius 3 is 3.18 bits per heavy atom. The van der Waals surface area contributed by atoms with Gasteiger partial charge in [0.1, 0.15) is 0 Å². The second-order valence-corrected chi connectivity index (χ2v) is 3.49. The first-order valence-electron chi connectivity index (χ1n) is 4.13. The molecule has 1 saturated carbocycles. The molecule has 3 unspecified atom stereocenters. The average molecular weight is 152 g/mol. The minimum absolute atomic E-state index is 0.672. The summed E-state index contributed by atoms with van der Waals surface area (Å²) in [6.07, 6.45) is 1.26. The van der Waals surface area contributed by atoms with Crippen LogP contribution in [0.1, 0.15) is 6.42 Å². The second kappa shape index (κ2) is 2.72. The molecule has 2 fully saturated rings. The Morgan fingerprint density at radius 1 is 1.55 bits per heavy atom. The third-order valence-electron chi connectivity index (χ3n) is 2.98. The number of azide groups is 1. The molecule has 4 heteroatoms. The molecule has 4 nitrogen and oxygen atoms in total. The molecule has 0 bridgehead atoms. The summed E-state index contributed by atoms with van der Waals surface area (Å²) in [4.78, 5) is 2.78. The van der Waals surface area contributed by atoms with Crippen LogP contribution in [0, 0.1) is 17.8 Å². The summed E-state index contributed by atoms with van der Waals surface area (Å²) in [7, 11) is 0. The van der Waals surface area contributed by atoms with E-state index in [2.05, 4.69) is 15.3 Å². The predicted molar refractivity (Wildman–Crippen MR) is 42.0 cm³/mol. The highest BCUT2D eigenvalue weighted by Crippen LogP contribution is 2.42. The summed E-state index contributed by atoms with van der Waals surface area (Å²) in [6.45, 7) is 3.02. The van der Waals surface area contributed by atoms with Crippen LogP contribution < -0.4 is 5.32 Å². The second-order valence-electron chi connectivity index (χ2n) is 3.49. The van der Waals surface area contributed by atoms with Crippen molar-refractivity contribution in [2.45, 2.75) is 6.42 Å². The van der Waals surface area contributed by atoms with E-state index in [1.54, 1.807) is 0 Å². The highest BCUT2D eigenvalue weighted by atomic mass is 15.1. The Hall–Kier alpha value is -0.730. The van der Waals surface area contributed by atoms with E-state index in [1.165, 1.54) is 13.0 Å². The molecule has 1 aliphatic heterocycles. The molecule has 0 aromatic rings. The van der Waals surface area contributed by atoms with Crippen molar-refractivity contribution in [3.05, 3.63) is 10.4 Å². The van der Waals surface area contributed by atoms with Gasteiger partial charge < -0.3 is 5.32 Å². The Labute approximate surface area is 65.6 Å². The standard InChI is InChI=1S/C7H12N4/c8-11-10-3-6-1-5-2-9-4-7(5)6/h5-7,9H,1-4H2. The minimum Gasteiger partial charge on any atom is -0.316 e. The number of fused-ring (bicyclic) bond motifs is 1. The van der Waals surface area contributed by atoms with Crippen molar-refractivity contribution >= 4 is 0 Å². The summed E-state index contributed by atoms with van der Waals surface area (Å²) in [6, 6.07) is 0. The van der Waals surface area contributed by atoms with Crippen molar-refractivity contribution in [1.29, 1.82) is 0 Å². The van der Waals surface area contributed by atoms with Gasteiger partial charge in [-0.15, -0.1) is 0 Å². The molecule has 0 radical (unpaired) electrons. The zero-order valence-corrected chi connectivity index (χ0v) is 6.40. The fourth-order valence-electron chi connectivity index (χ4n) is 2.28. The van der Waals surface area contributed by atoms with Crippen LogP contribution >= 0.6 is 0 Å². The van der Waals surface area contributed by atoms with Gasteiger partial charge in [0.2, 0.25) is 0 Å². The third kappa shape index (κ3) is 1.08. The quantitative estimate of drug-likeness (QED) is 0.360. The van der Waals surface area contributed by atoms with Gasteiger partial charge in [-0.3, -0.25) is 0 Å². The fraction of sp³-hybridized carbons (Fsp3) is 1.00. The van der Waals surface area contributed by atoms with Gasteiger partial charge in [0.25, 0.3) is 0 Å². The largest absolute Gasteiger partial charge is 0.316 e. The zero-order chi connectivity index (χ0) is 7.68. The first kappa shape index (κ1) is 6.95. The van der Waals surface area contributed by atoms with Gasteiger partial charge in [-0.25, -0.2) is 0 Å². The Balaban J connectivity index is 1.85. The van der Waals surface area contributed by atoms with Crippen LogP contribution in [0.5, 0.6) is 0 Å². The normalized spacial score (nSPS) is 40.5. The van der Waals surface area contributed by atoms with Crippen LogP contribution in [0.15, 0.2) is 5.11 Å². The maximum atomic E-state index is 8.12. The SMILES string of the molecule is [N-]=[N+]=NCC1CC2CNCC12. The number of nitrogens with one attached hydrogen (secondary N) is 1. The van der Waals surface area contributed by atoms with Crippen LogP contribution in [0.2, 0.25) is 0 Å². The molecule has 0 amide bonds. The minimum atomic E-state index is 0.672. The topological polar surface area (TPSA) is 60.8 Å². The number of rotatable bonds is 2.